The maximum absolute atomic E-state index is 13.3. The molecule has 1 atom stereocenters. The number of aliphatic hydroxyl groups excluding tert-OH is 1. The number of benzene rings is 2. The molecule has 108 valence electrons. The molecule has 0 heterocycles. The SMILES string of the molecule is C[C@H](O)c1ccc(F)cc1OCc1cc(F)ccc1C#N. The predicted octanol–water partition coefficient (Wildman–Crippen LogP) is 3.47. The Bertz CT molecular complexity index is 693. The van der Waals surface area contributed by atoms with Crippen molar-refractivity contribution in [1.82, 2.24) is 0 Å². The highest BCUT2D eigenvalue weighted by Crippen LogP contribution is 2.27. The summed E-state index contributed by atoms with van der Waals surface area (Å²) in [6, 6.07) is 9.46. The molecule has 0 spiro atoms. The van der Waals surface area contributed by atoms with Crippen LogP contribution in [0.4, 0.5) is 8.78 Å². The summed E-state index contributed by atoms with van der Waals surface area (Å²) in [7, 11) is 0. The molecule has 0 unspecified atom stereocenters. The molecule has 0 amide bonds. The number of nitrogens with zero attached hydrogens (tertiary/aromatic N) is 1. The Morgan fingerprint density at radius 2 is 1.86 bits per heavy atom. The Balaban J connectivity index is 2.26. The van der Waals surface area contributed by atoms with E-state index in [-0.39, 0.29) is 17.9 Å². The van der Waals surface area contributed by atoms with Gasteiger partial charge in [0.15, 0.2) is 0 Å². The van der Waals surface area contributed by atoms with Gasteiger partial charge in [0.25, 0.3) is 0 Å². The standard InChI is InChI=1S/C16H13F2NO2/c1-10(20)15-5-4-14(18)7-16(15)21-9-12-6-13(17)3-2-11(12)8-19/h2-7,10,20H,9H2,1H3/t10-/m0/s1. The van der Waals surface area contributed by atoms with E-state index in [0.29, 0.717) is 11.1 Å². The summed E-state index contributed by atoms with van der Waals surface area (Å²) in [6.45, 7) is 1.44. The van der Waals surface area contributed by atoms with Crippen molar-refractivity contribution in [3.63, 3.8) is 0 Å². The van der Waals surface area contributed by atoms with Gasteiger partial charge in [0.1, 0.15) is 24.0 Å². The zero-order chi connectivity index (χ0) is 15.4. The molecular weight excluding hydrogens is 276 g/mol. The molecule has 2 aromatic rings. The average molecular weight is 289 g/mol. The molecule has 0 aliphatic heterocycles. The molecule has 2 aromatic carbocycles. The third kappa shape index (κ3) is 3.56. The Hall–Kier alpha value is -2.45. The van der Waals surface area contributed by atoms with Crippen molar-refractivity contribution < 1.29 is 18.6 Å². The number of aliphatic hydroxyl groups is 1. The minimum atomic E-state index is -0.830. The minimum Gasteiger partial charge on any atom is -0.488 e. The van der Waals surface area contributed by atoms with Gasteiger partial charge in [0.2, 0.25) is 0 Å². The van der Waals surface area contributed by atoms with Gasteiger partial charge < -0.3 is 9.84 Å². The first-order valence-corrected chi connectivity index (χ1v) is 6.30. The Labute approximate surface area is 121 Å². The summed E-state index contributed by atoms with van der Waals surface area (Å²) in [6.07, 6.45) is -0.830. The van der Waals surface area contributed by atoms with Crippen LogP contribution in [-0.4, -0.2) is 5.11 Å². The summed E-state index contributed by atoms with van der Waals surface area (Å²) in [5.74, 6) is -0.824. The molecule has 0 bridgehead atoms. The number of hydrogen-bond acceptors (Lipinski definition) is 3. The van der Waals surface area contributed by atoms with Gasteiger partial charge in [-0.1, -0.05) is 0 Å². The highest BCUT2D eigenvalue weighted by Gasteiger charge is 2.12. The molecular formula is C16H13F2NO2. The van der Waals surface area contributed by atoms with Crippen molar-refractivity contribution in [2.45, 2.75) is 19.6 Å². The number of hydrogen-bond donors (Lipinski definition) is 1. The maximum Gasteiger partial charge on any atom is 0.128 e. The zero-order valence-corrected chi connectivity index (χ0v) is 11.3. The zero-order valence-electron chi connectivity index (χ0n) is 11.3. The Morgan fingerprint density at radius 3 is 2.52 bits per heavy atom. The van der Waals surface area contributed by atoms with Gasteiger partial charge in [0, 0.05) is 17.2 Å². The van der Waals surface area contributed by atoms with E-state index in [0.717, 1.165) is 6.07 Å². The largest absolute Gasteiger partial charge is 0.488 e. The fourth-order valence-electron chi connectivity index (χ4n) is 1.92. The third-order valence-corrected chi connectivity index (χ3v) is 3.00. The van der Waals surface area contributed by atoms with Gasteiger partial charge in [-0.15, -0.1) is 0 Å². The molecule has 0 saturated heterocycles. The van der Waals surface area contributed by atoms with Gasteiger partial charge in [-0.3, -0.25) is 0 Å². The van der Waals surface area contributed by atoms with E-state index in [4.69, 9.17) is 10.00 Å². The summed E-state index contributed by atoms with van der Waals surface area (Å²) >= 11 is 0. The molecule has 0 radical (unpaired) electrons. The van der Waals surface area contributed by atoms with E-state index in [9.17, 15) is 13.9 Å². The van der Waals surface area contributed by atoms with Crippen LogP contribution in [-0.2, 0) is 6.61 Å². The molecule has 0 aromatic heterocycles. The van der Waals surface area contributed by atoms with Crippen molar-refractivity contribution in [1.29, 1.82) is 5.26 Å². The summed E-state index contributed by atoms with van der Waals surface area (Å²) in [5, 5.41) is 18.6. The second-order valence-electron chi connectivity index (χ2n) is 4.56. The fourth-order valence-corrected chi connectivity index (χ4v) is 1.92. The molecule has 5 heteroatoms. The topological polar surface area (TPSA) is 53.2 Å². The number of halogens is 2. The van der Waals surface area contributed by atoms with E-state index in [2.05, 4.69) is 0 Å². The van der Waals surface area contributed by atoms with Crippen LogP contribution in [0.2, 0.25) is 0 Å². The van der Waals surface area contributed by atoms with Gasteiger partial charge in [-0.25, -0.2) is 8.78 Å². The highest BCUT2D eigenvalue weighted by atomic mass is 19.1. The summed E-state index contributed by atoms with van der Waals surface area (Å²) in [5.41, 5.74) is 1.07. The first kappa shape index (κ1) is 14.9. The minimum absolute atomic E-state index is 0.0934. The van der Waals surface area contributed by atoms with Crippen LogP contribution in [0.5, 0.6) is 5.75 Å². The van der Waals surface area contributed by atoms with E-state index in [1.54, 1.807) is 0 Å². The van der Waals surface area contributed by atoms with Crippen molar-refractivity contribution in [3.05, 3.63) is 64.7 Å². The van der Waals surface area contributed by atoms with Gasteiger partial charge >= 0.3 is 0 Å². The number of nitriles is 1. The van der Waals surface area contributed by atoms with E-state index < -0.39 is 17.7 Å². The fraction of sp³-hybridized carbons (Fsp3) is 0.188. The van der Waals surface area contributed by atoms with Crippen LogP contribution in [0.1, 0.15) is 29.7 Å². The Morgan fingerprint density at radius 1 is 1.19 bits per heavy atom. The van der Waals surface area contributed by atoms with Crippen LogP contribution in [0.3, 0.4) is 0 Å². The van der Waals surface area contributed by atoms with Gasteiger partial charge in [-0.2, -0.15) is 5.26 Å². The van der Waals surface area contributed by atoms with Crippen LogP contribution in [0, 0.1) is 23.0 Å². The first-order valence-electron chi connectivity index (χ1n) is 6.30. The smallest absolute Gasteiger partial charge is 0.128 e. The molecule has 0 fully saturated rings. The molecule has 1 N–H and O–H groups in total. The lowest BCUT2D eigenvalue weighted by molar-refractivity contribution is 0.189. The van der Waals surface area contributed by atoms with Crippen LogP contribution in [0.15, 0.2) is 36.4 Å². The summed E-state index contributed by atoms with van der Waals surface area (Å²) < 4.78 is 31.9. The van der Waals surface area contributed by atoms with Crippen molar-refractivity contribution in [2.24, 2.45) is 0 Å². The lowest BCUT2D eigenvalue weighted by atomic mass is 10.1. The molecule has 3 nitrogen and oxygen atoms in total. The monoisotopic (exact) mass is 289 g/mol. The van der Waals surface area contributed by atoms with E-state index >= 15 is 0 Å². The number of rotatable bonds is 4. The number of ether oxygens (including phenoxy) is 1. The summed E-state index contributed by atoms with van der Waals surface area (Å²) in [4.78, 5) is 0. The van der Waals surface area contributed by atoms with E-state index in [1.807, 2.05) is 6.07 Å². The normalized spacial score (nSPS) is 11.8. The predicted molar refractivity (Wildman–Crippen MR) is 72.5 cm³/mol. The second kappa shape index (κ2) is 6.33. The van der Waals surface area contributed by atoms with Gasteiger partial charge in [0.05, 0.1) is 17.7 Å². The molecule has 0 aliphatic rings. The van der Waals surface area contributed by atoms with Crippen molar-refractivity contribution in [3.8, 4) is 11.8 Å². The molecule has 2 rings (SSSR count). The van der Waals surface area contributed by atoms with Gasteiger partial charge in [-0.05, 0) is 37.3 Å². The molecule has 21 heavy (non-hydrogen) atoms. The van der Waals surface area contributed by atoms with Crippen LogP contribution >= 0.6 is 0 Å². The Kier molecular flexibility index (Phi) is 4.51. The average Bonchev–Trinajstić information content (AvgIpc) is 2.45. The molecule has 0 saturated carbocycles. The third-order valence-electron chi connectivity index (χ3n) is 3.00. The van der Waals surface area contributed by atoms with Crippen molar-refractivity contribution >= 4 is 0 Å². The molecule has 0 aliphatic carbocycles. The van der Waals surface area contributed by atoms with E-state index in [1.165, 1.54) is 37.3 Å². The maximum atomic E-state index is 13.3. The second-order valence-corrected chi connectivity index (χ2v) is 4.56. The lowest BCUT2D eigenvalue weighted by Gasteiger charge is -2.14. The highest BCUT2D eigenvalue weighted by molar-refractivity contribution is 5.39. The van der Waals surface area contributed by atoms with Crippen LogP contribution in [0.25, 0.3) is 0 Å². The van der Waals surface area contributed by atoms with Crippen molar-refractivity contribution in [2.75, 3.05) is 0 Å². The quantitative estimate of drug-likeness (QED) is 0.937. The lowest BCUT2D eigenvalue weighted by Crippen LogP contribution is -2.03. The first-order chi connectivity index (χ1) is 10.0. The van der Waals surface area contributed by atoms with Crippen LogP contribution < -0.4 is 4.74 Å².